The Labute approximate surface area is 111 Å². The van der Waals surface area contributed by atoms with E-state index in [2.05, 4.69) is 31.0 Å². The van der Waals surface area contributed by atoms with E-state index >= 15 is 0 Å². The molecule has 0 aliphatic heterocycles. The topological polar surface area (TPSA) is 49.9 Å². The predicted octanol–water partition coefficient (Wildman–Crippen LogP) is 3.15. The van der Waals surface area contributed by atoms with Gasteiger partial charge in [-0.05, 0) is 48.6 Å². The van der Waals surface area contributed by atoms with Crippen LogP contribution in [0.5, 0.6) is 0 Å². The molecule has 0 saturated carbocycles. The summed E-state index contributed by atoms with van der Waals surface area (Å²) in [7, 11) is 1.59. The van der Waals surface area contributed by atoms with Gasteiger partial charge in [0.1, 0.15) is 5.03 Å². The van der Waals surface area contributed by atoms with Crippen molar-refractivity contribution in [3.8, 4) is 0 Å². The maximum absolute atomic E-state index is 11.1. The number of aromatic nitrogens is 1. The number of hydrogen-bond acceptors (Lipinski definition) is 2. The molecule has 0 amide bonds. The monoisotopic (exact) mass is 283 g/mol. The van der Waals surface area contributed by atoms with Crippen LogP contribution in [0.3, 0.4) is 0 Å². The second-order valence-corrected chi connectivity index (χ2v) is 6.94. The summed E-state index contributed by atoms with van der Waals surface area (Å²) in [4.78, 5) is 2.67. The molecule has 96 valence electrons. The first-order valence-electron chi connectivity index (χ1n) is 5.54. The summed E-state index contributed by atoms with van der Waals surface area (Å²) in [5.74, 6) is 0. The Morgan fingerprint density at radius 1 is 1.11 bits per heavy atom. The van der Waals surface area contributed by atoms with Crippen LogP contribution in [0.15, 0.2) is 35.5 Å². The number of hydrogen-bond donors (Lipinski definition) is 1. The fourth-order valence-corrected chi connectivity index (χ4v) is 2.57. The van der Waals surface area contributed by atoms with Crippen LogP contribution in [-0.2, 0) is 15.5 Å². The van der Waals surface area contributed by atoms with Crippen LogP contribution in [0.2, 0.25) is 0 Å². The molecule has 0 atom stereocenters. The van der Waals surface area contributed by atoms with E-state index in [0.29, 0.717) is 6.42 Å². The largest absolute Gasteiger partial charge is 0.351 e. The standard InChI is InChI=1S/C13H14ClNO2S/c1-9-3-4-11(5-10(9)2)6-12-7-13(15-8-12)18(14,16)17/h3-5,7-8,15H,6H2,1-2H3. The first kappa shape index (κ1) is 13.2. The molecule has 0 fully saturated rings. The minimum atomic E-state index is -3.67. The molecule has 0 bridgehead atoms. The highest BCUT2D eigenvalue weighted by atomic mass is 35.7. The minimum absolute atomic E-state index is 0.0444. The van der Waals surface area contributed by atoms with Crippen LogP contribution in [-0.4, -0.2) is 13.4 Å². The van der Waals surface area contributed by atoms with Gasteiger partial charge in [0.05, 0.1) is 0 Å². The van der Waals surface area contributed by atoms with Gasteiger partial charge in [-0.25, -0.2) is 8.42 Å². The molecule has 0 saturated heterocycles. The van der Waals surface area contributed by atoms with Crippen molar-refractivity contribution in [2.45, 2.75) is 25.3 Å². The zero-order valence-corrected chi connectivity index (χ0v) is 11.8. The van der Waals surface area contributed by atoms with Crippen molar-refractivity contribution in [3.63, 3.8) is 0 Å². The van der Waals surface area contributed by atoms with Gasteiger partial charge in [-0.2, -0.15) is 0 Å². The molecule has 1 N–H and O–H groups in total. The maximum atomic E-state index is 11.1. The van der Waals surface area contributed by atoms with E-state index in [4.69, 9.17) is 10.7 Å². The average molecular weight is 284 g/mol. The summed E-state index contributed by atoms with van der Waals surface area (Å²) >= 11 is 0. The Morgan fingerprint density at radius 3 is 2.39 bits per heavy atom. The number of halogens is 1. The van der Waals surface area contributed by atoms with Crippen LogP contribution in [0, 0.1) is 13.8 Å². The molecule has 0 spiro atoms. The lowest BCUT2D eigenvalue weighted by atomic mass is 10.0. The molecule has 1 heterocycles. The van der Waals surface area contributed by atoms with Crippen molar-refractivity contribution in [2.24, 2.45) is 0 Å². The first-order valence-corrected chi connectivity index (χ1v) is 7.85. The number of rotatable bonds is 3. The van der Waals surface area contributed by atoms with E-state index in [0.717, 1.165) is 11.1 Å². The van der Waals surface area contributed by atoms with E-state index in [1.54, 1.807) is 12.3 Å². The summed E-state index contributed by atoms with van der Waals surface area (Å²) in [6.45, 7) is 4.12. The lowest BCUT2D eigenvalue weighted by Crippen LogP contribution is -1.90. The van der Waals surface area contributed by atoms with Crippen molar-refractivity contribution in [1.29, 1.82) is 0 Å². The quantitative estimate of drug-likeness (QED) is 0.880. The van der Waals surface area contributed by atoms with Crippen LogP contribution >= 0.6 is 10.7 Å². The summed E-state index contributed by atoms with van der Waals surface area (Å²) in [5.41, 5.74) is 4.53. The molecule has 1 aromatic heterocycles. The van der Waals surface area contributed by atoms with Gasteiger partial charge in [-0.3, -0.25) is 0 Å². The van der Waals surface area contributed by atoms with E-state index in [-0.39, 0.29) is 5.03 Å². The van der Waals surface area contributed by atoms with Gasteiger partial charge < -0.3 is 4.98 Å². The molecule has 0 aliphatic carbocycles. The number of aromatic amines is 1. The van der Waals surface area contributed by atoms with Gasteiger partial charge in [-0.15, -0.1) is 0 Å². The number of H-pyrrole nitrogens is 1. The van der Waals surface area contributed by atoms with Gasteiger partial charge in [0, 0.05) is 16.9 Å². The second kappa shape index (κ2) is 4.78. The molecule has 2 rings (SSSR count). The first-order chi connectivity index (χ1) is 8.36. The lowest BCUT2D eigenvalue weighted by Gasteiger charge is -2.03. The highest BCUT2D eigenvalue weighted by molar-refractivity contribution is 8.13. The minimum Gasteiger partial charge on any atom is -0.351 e. The van der Waals surface area contributed by atoms with Gasteiger partial charge in [0.2, 0.25) is 0 Å². The van der Waals surface area contributed by atoms with Crippen molar-refractivity contribution in [1.82, 2.24) is 4.98 Å². The zero-order chi connectivity index (χ0) is 13.3. The maximum Gasteiger partial charge on any atom is 0.276 e. The Morgan fingerprint density at radius 2 is 1.83 bits per heavy atom. The molecule has 5 heteroatoms. The molecular formula is C13H14ClNO2S. The molecule has 3 nitrogen and oxygen atoms in total. The van der Waals surface area contributed by atoms with Gasteiger partial charge in [0.15, 0.2) is 0 Å². The van der Waals surface area contributed by atoms with Crippen LogP contribution in [0.4, 0.5) is 0 Å². The smallest absolute Gasteiger partial charge is 0.276 e. The summed E-state index contributed by atoms with van der Waals surface area (Å²) in [6, 6.07) is 7.79. The Balaban J connectivity index is 2.24. The molecule has 0 unspecified atom stereocenters. The number of nitrogens with one attached hydrogen (secondary N) is 1. The predicted molar refractivity (Wildman–Crippen MR) is 72.6 cm³/mol. The van der Waals surface area contributed by atoms with E-state index in [1.165, 1.54) is 11.1 Å². The number of benzene rings is 1. The highest BCUT2D eigenvalue weighted by Gasteiger charge is 2.12. The SMILES string of the molecule is Cc1ccc(Cc2c[nH]c(S(=O)(=O)Cl)c2)cc1C. The molecule has 0 radical (unpaired) electrons. The van der Waals surface area contributed by atoms with Crippen LogP contribution in [0.25, 0.3) is 0 Å². The number of aryl methyl sites for hydroxylation is 2. The lowest BCUT2D eigenvalue weighted by molar-refractivity contribution is 0.607. The highest BCUT2D eigenvalue weighted by Crippen LogP contribution is 2.18. The molecule has 0 aliphatic rings. The van der Waals surface area contributed by atoms with Crippen molar-refractivity contribution >= 4 is 19.7 Å². The van der Waals surface area contributed by atoms with Crippen molar-refractivity contribution in [2.75, 3.05) is 0 Å². The fraction of sp³-hybridized carbons (Fsp3) is 0.231. The van der Waals surface area contributed by atoms with Crippen LogP contribution < -0.4 is 0 Å². The third kappa shape index (κ3) is 2.94. The van der Waals surface area contributed by atoms with Crippen LogP contribution in [0.1, 0.15) is 22.3 Å². The van der Waals surface area contributed by atoms with Gasteiger partial charge in [0.25, 0.3) is 9.05 Å². The van der Waals surface area contributed by atoms with E-state index in [1.807, 2.05) is 6.07 Å². The fourth-order valence-electron chi connectivity index (χ4n) is 1.81. The molecule has 1 aromatic carbocycles. The third-order valence-electron chi connectivity index (χ3n) is 2.96. The molecular weight excluding hydrogens is 270 g/mol. The molecule has 18 heavy (non-hydrogen) atoms. The Hall–Kier alpha value is -1.26. The summed E-state index contributed by atoms with van der Waals surface area (Å²) in [6.07, 6.45) is 2.36. The van der Waals surface area contributed by atoms with E-state index < -0.39 is 9.05 Å². The molecule has 2 aromatic rings. The summed E-state index contributed by atoms with van der Waals surface area (Å²) < 4.78 is 22.3. The summed E-state index contributed by atoms with van der Waals surface area (Å²) in [5, 5.41) is 0.0444. The normalized spacial score (nSPS) is 11.7. The Bertz CT molecular complexity index is 674. The zero-order valence-electron chi connectivity index (χ0n) is 10.2. The second-order valence-electron chi connectivity index (χ2n) is 4.41. The third-order valence-corrected chi connectivity index (χ3v) is 4.22. The van der Waals surface area contributed by atoms with Gasteiger partial charge >= 0.3 is 0 Å². The van der Waals surface area contributed by atoms with Crippen molar-refractivity contribution in [3.05, 3.63) is 52.7 Å². The van der Waals surface area contributed by atoms with Crippen molar-refractivity contribution < 1.29 is 8.42 Å². The van der Waals surface area contributed by atoms with E-state index in [9.17, 15) is 8.42 Å². The van der Waals surface area contributed by atoms with Gasteiger partial charge in [-0.1, -0.05) is 18.2 Å². The Kier molecular flexibility index (Phi) is 3.50. The average Bonchev–Trinajstić information content (AvgIpc) is 2.72.